The number of methoxy groups -OCH3 is 1. The summed E-state index contributed by atoms with van der Waals surface area (Å²) in [6, 6.07) is 11.1. The molecule has 0 aliphatic carbocycles. The molecule has 0 radical (unpaired) electrons. The van der Waals surface area contributed by atoms with E-state index in [-0.39, 0.29) is 17.9 Å². The molecule has 1 aromatic carbocycles. The summed E-state index contributed by atoms with van der Waals surface area (Å²) in [6.07, 6.45) is 2.05. The van der Waals surface area contributed by atoms with Crippen molar-refractivity contribution in [1.29, 1.82) is 0 Å². The molecule has 6 heteroatoms. The highest BCUT2D eigenvalue weighted by atomic mass is 32.1. The fourth-order valence-electron chi connectivity index (χ4n) is 2.96. The van der Waals surface area contributed by atoms with E-state index in [0.29, 0.717) is 25.1 Å². The number of nitrogens with one attached hydrogen (secondary N) is 1. The number of nitrogens with zero attached hydrogens (tertiary/aromatic N) is 1. The molecular weight excluding hydrogens is 336 g/mol. The van der Waals surface area contributed by atoms with Crippen molar-refractivity contribution in [3.63, 3.8) is 0 Å². The Balaban J connectivity index is 1.46. The summed E-state index contributed by atoms with van der Waals surface area (Å²) in [6.45, 7) is 1.38. The van der Waals surface area contributed by atoms with Gasteiger partial charge in [-0.15, -0.1) is 11.3 Å². The van der Waals surface area contributed by atoms with Gasteiger partial charge in [0.2, 0.25) is 5.91 Å². The summed E-state index contributed by atoms with van der Waals surface area (Å²) in [7, 11) is 1.60. The monoisotopic (exact) mass is 358 g/mol. The lowest BCUT2D eigenvalue weighted by molar-refractivity contribution is -0.131. The maximum Gasteiger partial charge on any atom is 0.251 e. The van der Waals surface area contributed by atoms with E-state index in [1.165, 1.54) is 0 Å². The second kappa shape index (κ2) is 8.16. The molecule has 1 aliphatic heterocycles. The van der Waals surface area contributed by atoms with Crippen LogP contribution >= 0.6 is 11.3 Å². The van der Waals surface area contributed by atoms with Gasteiger partial charge in [-0.25, -0.2) is 0 Å². The Labute approximate surface area is 151 Å². The molecule has 0 unspecified atom stereocenters. The van der Waals surface area contributed by atoms with Crippen LogP contribution in [-0.4, -0.2) is 43.0 Å². The third-order valence-corrected chi connectivity index (χ3v) is 5.32. The molecule has 25 heavy (non-hydrogen) atoms. The summed E-state index contributed by atoms with van der Waals surface area (Å²) in [5.41, 5.74) is 0.622. The molecule has 0 saturated carbocycles. The van der Waals surface area contributed by atoms with Gasteiger partial charge >= 0.3 is 0 Å². The van der Waals surface area contributed by atoms with Crippen LogP contribution < -0.4 is 10.1 Å². The Hall–Kier alpha value is -2.34. The molecule has 0 atom stereocenters. The number of carbonyl (C=O) groups excluding carboxylic acids is 2. The van der Waals surface area contributed by atoms with Crippen molar-refractivity contribution in [3.8, 4) is 5.75 Å². The number of ether oxygens (including phenoxy) is 1. The fourth-order valence-corrected chi connectivity index (χ4v) is 3.65. The molecule has 132 valence electrons. The number of likely N-dealkylation sites (tertiary alicyclic amines) is 1. The van der Waals surface area contributed by atoms with Gasteiger partial charge in [0, 0.05) is 29.6 Å². The van der Waals surface area contributed by atoms with Crippen LogP contribution in [0.15, 0.2) is 41.8 Å². The number of hydrogen-bond acceptors (Lipinski definition) is 4. The van der Waals surface area contributed by atoms with Crippen molar-refractivity contribution < 1.29 is 14.3 Å². The Morgan fingerprint density at radius 3 is 2.52 bits per heavy atom. The highest BCUT2D eigenvalue weighted by molar-refractivity contribution is 7.10. The third-order valence-electron chi connectivity index (χ3n) is 4.44. The summed E-state index contributed by atoms with van der Waals surface area (Å²) >= 11 is 1.61. The molecular formula is C19H22N2O3S. The highest BCUT2D eigenvalue weighted by Crippen LogP contribution is 2.16. The Morgan fingerprint density at radius 2 is 1.92 bits per heavy atom. The lowest BCUT2D eigenvalue weighted by Crippen LogP contribution is -2.46. The molecule has 1 N–H and O–H groups in total. The number of amides is 2. The molecule has 0 bridgehead atoms. The van der Waals surface area contributed by atoms with Crippen molar-refractivity contribution >= 4 is 23.2 Å². The van der Waals surface area contributed by atoms with E-state index in [9.17, 15) is 9.59 Å². The van der Waals surface area contributed by atoms with Gasteiger partial charge in [-0.3, -0.25) is 9.59 Å². The quantitative estimate of drug-likeness (QED) is 0.894. The molecule has 5 nitrogen and oxygen atoms in total. The van der Waals surface area contributed by atoms with E-state index >= 15 is 0 Å². The zero-order valence-electron chi connectivity index (χ0n) is 14.2. The third kappa shape index (κ3) is 4.60. The van der Waals surface area contributed by atoms with E-state index in [0.717, 1.165) is 23.5 Å². The van der Waals surface area contributed by atoms with Gasteiger partial charge in [-0.05, 0) is 48.6 Å². The normalized spacial score (nSPS) is 15.0. The van der Waals surface area contributed by atoms with Crippen LogP contribution in [0.4, 0.5) is 0 Å². The Morgan fingerprint density at radius 1 is 1.20 bits per heavy atom. The van der Waals surface area contributed by atoms with Crippen molar-refractivity contribution in [2.24, 2.45) is 0 Å². The van der Waals surface area contributed by atoms with Crippen LogP contribution in [0.5, 0.6) is 5.75 Å². The minimum absolute atomic E-state index is 0.0778. The number of benzene rings is 1. The van der Waals surface area contributed by atoms with Crippen molar-refractivity contribution in [2.45, 2.75) is 25.3 Å². The van der Waals surface area contributed by atoms with Gasteiger partial charge in [0.1, 0.15) is 5.75 Å². The topological polar surface area (TPSA) is 58.6 Å². The van der Waals surface area contributed by atoms with E-state index in [1.807, 2.05) is 22.4 Å². The second-order valence-corrected chi connectivity index (χ2v) is 7.15. The van der Waals surface area contributed by atoms with Gasteiger partial charge in [-0.2, -0.15) is 0 Å². The van der Waals surface area contributed by atoms with E-state index in [4.69, 9.17) is 4.74 Å². The van der Waals surface area contributed by atoms with Gasteiger partial charge in [0.15, 0.2) is 0 Å². The largest absolute Gasteiger partial charge is 0.497 e. The van der Waals surface area contributed by atoms with Crippen LogP contribution in [0.3, 0.4) is 0 Å². The zero-order chi connectivity index (χ0) is 17.6. The predicted molar refractivity (Wildman–Crippen MR) is 98.1 cm³/mol. The Bertz CT molecular complexity index is 705. The van der Waals surface area contributed by atoms with E-state index < -0.39 is 0 Å². The first-order valence-electron chi connectivity index (χ1n) is 8.41. The van der Waals surface area contributed by atoms with E-state index in [2.05, 4.69) is 5.32 Å². The standard InChI is InChI=1S/C19H22N2O3S/c1-24-16-6-4-14(5-7-16)19(23)20-15-8-10-21(11-9-15)18(22)13-17-3-2-12-25-17/h2-7,12,15H,8-11,13H2,1H3,(H,20,23). The first kappa shape index (κ1) is 17.5. The number of carbonyl (C=O) groups is 2. The van der Waals surface area contributed by atoms with Crippen LogP contribution in [0, 0.1) is 0 Å². The van der Waals surface area contributed by atoms with Crippen LogP contribution in [0.1, 0.15) is 28.1 Å². The van der Waals surface area contributed by atoms with Gasteiger partial charge < -0.3 is 15.0 Å². The maximum atomic E-state index is 12.3. The lowest BCUT2D eigenvalue weighted by atomic mass is 10.0. The lowest BCUT2D eigenvalue weighted by Gasteiger charge is -2.32. The molecule has 1 fully saturated rings. The predicted octanol–water partition coefficient (Wildman–Crippen LogP) is 2.72. The van der Waals surface area contributed by atoms with E-state index in [1.54, 1.807) is 42.7 Å². The molecule has 2 heterocycles. The summed E-state index contributed by atoms with van der Waals surface area (Å²) in [5, 5.41) is 5.05. The number of hydrogen-bond donors (Lipinski definition) is 1. The molecule has 2 amide bonds. The average molecular weight is 358 g/mol. The zero-order valence-corrected chi connectivity index (χ0v) is 15.1. The average Bonchev–Trinajstić information content (AvgIpc) is 3.15. The SMILES string of the molecule is COc1ccc(C(=O)NC2CCN(C(=O)Cc3cccs3)CC2)cc1. The maximum absolute atomic E-state index is 12.3. The molecule has 1 aliphatic rings. The van der Waals surface area contributed by atoms with Crippen LogP contribution in [-0.2, 0) is 11.2 Å². The van der Waals surface area contributed by atoms with Gasteiger partial charge in [-0.1, -0.05) is 6.07 Å². The molecule has 3 rings (SSSR count). The number of rotatable bonds is 5. The second-order valence-electron chi connectivity index (χ2n) is 6.11. The highest BCUT2D eigenvalue weighted by Gasteiger charge is 2.24. The molecule has 1 aromatic heterocycles. The smallest absolute Gasteiger partial charge is 0.251 e. The molecule has 2 aromatic rings. The van der Waals surface area contributed by atoms with Gasteiger partial charge in [0.25, 0.3) is 5.91 Å². The Kier molecular flexibility index (Phi) is 5.71. The van der Waals surface area contributed by atoms with Crippen LogP contribution in [0.25, 0.3) is 0 Å². The minimum atomic E-state index is -0.0778. The first-order chi connectivity index (χ1) is 12.2. The number of thiophene rings is 1. The van der Waals surface area contributed by atoms with Crippen molar-refractivity contribution in [2.75, 3.05) is 20.2 Å². The summed E-state index contributed by atoms with van der Waals surface area (Å²) in [4.78, 5) is 27.6. The summed E-state index contributed by atoms with van der Waals surface area (Å²) in [5.74, 6) is 0.822. The van der Waals surface area contributed by atoms with Crippen molar-refractivity contribution in [3.05, 3.63) is 52.2 Å². The van der Waals surface area contributed by atoms with Crippen molar-refractivity contribution in [1.82, 2.24) is 10.2 Å². The van der Waals surface area contributed by atoms with Crippen LogP contribution in [0.2, 0.25) is 0 Å². The minimum Gasteiger partial charge on any atom is -0.497 e. The fraction of sp³-hybridized carbons (Fsp3) is 0.368. The molecule has 0 spiro atoms. The molecule has 1 saturated heterocycles. The number of piperidine rings is 1. The van der Waals surface area contributed by atoms with Gasteiger partial charge in [0.05, 0.1) is 13.5 Å². The first-order valence-corrected chi connectivity index (χ1v) is 9.29. The summed E-state index contributed by atoms with van der Waals surface area (Å²) < 4.78 is 5.10.